The van der Waals surface area contributed by atoms with Gasteiger partial charge in [0.2, 0.25) is 0 Å². The number of nitrogens with zero attached hydrogens (tertiary/aromatic N) is 1. The van der Waals surface area contributed by atoms with Crippen LogP contribution in [-0.4, -0.2) is 57.3 Å². The Balaban J connectivity index is 4.06. The van der Waals surface area contributed by atoms with Gasteiger partial charge in [-0.05, 0) is 52.9 Å². The number of allylic oxidation sites excluding steroid dienone is 2. The van der Waals surface area contributed by atoms with Crippen molar-refractivity contribution in [2.75, 3.05) is 6.54 Å². The summed E-state index contributed by atoms with van der Waals surface area (Å²) in [5, 5.41) is 30.9. The molecular formula is C31H57NO6. The van der Waals surface area contributed by atoms with Crippen molar-refractivity contribution in [3.8, 4) is 0 Å². The summed E-state index contributed by atoms with van der Waals surface area (Å²) in [5.74, 6) is -3.81. The van der Waals surface area contributed by atoms with Crippen molar-refractivity contribution in [3.63, 3.8) is 0 Å². The molecule has 0 aromatic rings. The standard InChI is InChI=1S/C31H57NO6/c1-5-6-7-8-9-10-11-12-13-14-15-16-17-18-19-20-21-22-23-24-25-32(26(2)29(33)34,27(3)30(35)36)28(4)31(37)38/h7-8,26-28H,5-6,9-25H2,1-4H3,(H2-,33,34,35,36,37,38)/b8-7+. The molecule has 3 unspecified atom stereocenters. The average Bonchev–Trinajstić information content (AvgIpc) is 2.88. The van der Waals surface area contributed by atoms with Gasteiger partial charge in [-0.15, -0.1) is 0 Å². The Morgan fingerprint density at radius 1 is 0.605 bits per heavy atom. The molecule has 0 rings (SSSR count). The third-order valence-electron chi connectivity index (χ3n) is 8.26. The van der Waals surface area contributed by atoms with Crippen molar-refractivity contribution in [1.29, 1.82) is 0 Å². The third kappa shape index (κ3) is 14.3. The van der Waals surface area contributed by atoms with Crippen LogP contribution < -0.4 is 5.11 Å². The van der Waals surface area contributed by atoms with Gasteiger partial charge in [0.1, 0.15) is 6.04 Å². The molecule has 2 N–H and O–H groups in total. The number of carbonyl (C=O) groups is 3. The lowest BCUT2D eigenvalue weighted by Gasteiger charge is -2.49. The second-order valence-corrected chi connectivity index (χ2v) is 11.1. The molecule has 0 aromatic carbocycles. The first-order valence-electron chi connectivity index (χ1n) is 15.3. The van der Waals surface area contributed by atoms with Crippen LogP contribution >= 0.6 is 0 Å². The van der Waals surface area contributed by atoms with Crippen LogP contribution in [0.4, 0.5) is 0 Å². The van der Waals surface area contributed by atoms with E-state index in [0.717, 1.165) is 19.3 Å². The fourth-order valence-electron chi connectivity index (χ4n) is 5.54. The van der Waals surface area contributed by atoms with Gasteiger partial charge in [-0.1, -0.05) is 103 Å². The fraction of sp³-hybridized carbons (Fsp3) is 0.839. The van der Waals surface area contributed by atoms with Crippen molar-refractivity contribution in [3.05, 3.63) is 12.2 Å². The van der Waals surface area contributed by atoms with Crippen molar-refractivity contribution in [1.82, 2.24) is 0 Å². The molecule has 3 atom stereocenters. The molecule has 0 amide bonds. The summed E-state index contributed by atoms with van der Waals surface area (Å²) in [7, 11) is 0. The number of carboxylic acid groups (broad SMARTS) is 3. The van der Waals surface area contributed by atoms with Crippen molar-refractivity contribution in [2.45, 2.75) is 161 Å². The Morgan fingerprint density at radius 3 is 1.29 bits per heavy atom. The highest BCUT2D eigenvalue weighted by Gasteiger charge is 2.50. The van der Waals surface area contributed by atoms with E-state index in [1.807, 2.05) is 0 Å². The number of quaternary nitrogens is 1. The topological polar surface area (TPSA) is 115 Å². The van der Waals surface area contributed by atoms with Gasteiger partial charge >= 0.3 is 11.9 Å². The van der Waals surface area contributed by atoms with E-state index < -0.39 is 40.5 Å². The molecule has 0 fully saturated rings. The van der Waals surface area contributed by atoms with Gasteiger partial charge < -0.3 is 20.1 Å². The zero-order chi connectivity index (χ0) is 28.8. The van der Waals surface area contributed by atoms with Crippen molar-refractivity contribution in [2.24, 2.45) is 0 Å². The average molecular weight is 540 g/mol. The predicted molar refractivity (Wildman–Crippen MR) is 152 cm³/mol. The lowest BCUT2D eigenvalue weighted by Crippen LogP contribution is -2.72. The maximum atomic E-state index is 11.8. The zero-order valence-electron chi connectivity index (χ0n) is 24.8. The quantitative estimate of drug-likeness (QED) is 0.0738. The molecule has 0 saturated carbocycles. The fourth-order valence-corrected chi connectivity index (χ4v) is 5.54. The van der Waals surface area contributed by atoms with Crippen LogP contribution in [0.2, 0.25) is 0 Å². The summed E-state index contributed by atoms with van der Waals surface area (Å²) in [5.41, 5.74) is 0. The molecule has 0 bridgehead atoms. The maximum absolute atomic E-state index is 11.8. The number of hydrogen-bond acceptors (Lipinski definition) is 4. The summed E-state index contributed by atoms with van der Waals surface area (Å²) >= 11 is 0. The van der Waals surface area contributed by atoms with Crippen LogP contribution in [0, 0.1) is 0 Å². The van der Waals surface area contributed by atoms with E-state index in [-0.39, 0.29) is 6.54 Å². The maximum Gasteiger partial charge on any atom is 0.362 e. The van der Waals surface area contributed by atoms with Gasteiger partial charge in [-0.2, -0.15) is 0 Å². The molecule has 0 spiro atoms. The minimum atomic E-state index is -1.42. The third-order valence-corrected chi connectivity index (χ3v) is 8.26. The highest BCUT2D eigenvalue weighted by molar-refractivity contribution is 5.76. The summed E-state index contributed by atoms with van der Waals surface area (Å²) in [6.45, 7) is 6.56. The highest BCUT2D eigenvalue weighted by atomic mass is 16.4. The Kier molecular flexibility index (Phi) is 20.9. The van der Waals surface area contributed by atoms with Gasteiger partial charge in [0, 0.05) is 0 Å². The second kappa shape index (κ2) is 22.0. The van der Waals surface area contributed by atoms with Crippen LogP contribution in [0.1, 0.15) is 143 Å². The van der Waals surface area contributed by atoms with E-state index in [0.29, 0.717) is 6.42 Å². The molecular weight excluding hydrogens is 482 g/mol. The van der Waals surface area contributed by atoms with Crippen LogP contribution in [0.3, 0.4) is 0 Å². The van der Waals surface area contributed by atoms with Gasteiger partial charge in [0.15, 0.2) is 12.1 Å². The first kappa shape index (κ1) is 36.1. The second-order valence-electron chi connectivity index (χ2n) is 11.1. The number of carboxylic acids is 3. The molecule has 7 nitrogen and oxygen atoms in total. The SMILES string of the molecule is CCC/C=C/CCCCCCCCCCCCCCCCC[N+](C(C)C(=O)[O-])(C(C)C(=O)O)C(C)C(=O)O. The summed E-state index contributed by atoms with van der Waals surface area (Å²) < 4.78 is -0.538. The highest BCUT2D eigenvalue weighted by Crippen LogP contribution is 2.27. The molecule has 0 radical (unpaired) electrons. The first-order valence-corrected chi connectivity index (χ1v) is 15.3. The molecule has 0 aliphatic carbocycles. The zero-order valence-corrected chi connectivity index (χ0v) is 24.8. The Morgan fingerprint density at radius 2 is 0.947 bits per heavy atom. The number of carbonyl (C=O) groups excluding carboxylic acids is 1. The Bertz CT molecular complexity index is 627. The molecule has 0 heterocycles. The summed E-state index contributed by atoms with van der Waals surface area (Å²) in [6.07, 6.45) is 26.1. The van der Waals surface area contributed by atoms with Gasteiger partial charge in [-0.25, -0.2) is 9.59 Å². The minimum absolute atomic E-state index is 0.187. The Hall–Kier alpha value is -1.89. The number of hydrogen-bond donors (Lipinski definition) is 2. The van der Waals surface area contributed by atoms with Crippen LogP contribution in [0.5, 0.6) is 0 Å². The molecule has 0 aromatic heterocycles. The van der Waals surface area contributed by atoms with Crippen LogP contribution in [-0.2, 0) is 14.4 Å². The number of aliphatic carboxylic acids is 3. The lowest BCUT2D eigenvalue weighted by molar-refractivity contribution is -0.969. The van der Waals surface area contributed by atoms with E-state index in [1.54, 1.807) is 0 Å². The van der Waals surface area contributed by atoms with Crippen LogP contribution in [0.25, 0.3) is 0 Å². The molecule has 222 valence electrons. The number of rotatable bonds is 26. The monoisotopic (exact) mass is 539 g/mol. The minimum Gasteiger partial charge on any atom is -0.544 e. The molecule has 0 saturated heterocycles. The molecule has 0 aliphatic rings. The van der Waals surface area contributed by atoms with Crippen molar-refractivity contribution >= 4 is 17.9 Å². The van der Waals surface area contributed by atoms with E-state index in [9.17, 15) is 29.7 Å². The molecule has 0 aliphatic heterocycles. The first-order chi connectivity index (χ1) is 18.1. The summed E-state index contributed by atoms with van der Waals surface area (Å²) in [4.78, 5) is 35.3. The lowest BCUT2D eigenvalue weighted by atomic mass is 9.99. The van der Waals surface area contributed by atoms with Gasteiger partial charge in [0.25, 0.3) is 0 Å². The molecule has 7 heteroatoms. The summed E-state index contributed by atoms with van der Waals surface area (Å²) in [6, 6.07) is -3.55. The van der Waals surface area contributed by atoms with E-state index >= 15 is 0 Å². The molecule has 38 heavy (non-hydrogen) atoms. The van der Waals surface area contributed by atoms with Gasteiger partial charge in [0.05, 0.1) is 12.5 Å². The largest absolute Gasteiger partial charge is 0.544 e. The van der Waals surface area contributed by atoms with E-state index in [4.69, 9.17) is 0 Å². The number of unbranched alkanes of at least 4 members (excludes halogenated alkanes) is 16. The van der Waals surface area contributed by atoms with Crippen LogP contribution in [0.15, 0.2) is 12.2 Å². The van der Waals surface area contributed by atoms with E-state index in [2.05, 4.69) is 19.1 Å². The predicted octanol–water partition coefficient (Wildman–Crippen LogP) is 6.49. The van der Waals surface area contributed by atoms with Crippen molar-refractivity contribution < 1.29 is 34.2 Å². The normalized spacial score (nSPS) is 15.7. The smallest absolute Gasteiger partial charge is 0.362 e. The Labute approximate surface area is 232 Å². The van der Waals surface area contributed by atoms with Gasteiger partial charge in [-0.3, -0.25) is 4.48 Å². The van der Waals surface area contributed by atoms with E-state index in [1.165, 1.54) is 111 Å².